The molecule has 0 amide bonds. The maximum Gasteiger partial charge on any atom is 0.341 e. The molecule has 1 heterocycles. The van der Waals surface area contributed by atoms with Gasteiger partial charge in [-0.05, 0) is 60.0 Å². The summed E-state index contributed by atoms with van der Waals surface area (Å²) in [6.07, 6.45) is 0.834. The fourth-order valence-corrected chi connectivity index (χ4v) is 3.34. The molecule has 0 saturated carbocycles. The lowest BCUT2D eigenvalue weighted by Crippen LogP contribution is -2.18. The van der Waals surface area contributed by atoms with E-state index in [1.54, 1.807) is 11.3 Å². The number of thiophene rings is 1. The predicted molar refractivity (Wildman–Crippen MR) is 80.7 cm³/mol. The van der Waals surface area contributed by atoms with Crippen molar-refractivity contribution in [1.82, 2.24) is 0 Å². The third-order valence-electron chi connectivity index (χ3n) is 2.95. The van der Waals surface area contributed by atoms with Crippen LogP contribution < -0.4 is 5.32 Å². The number of hydrogen-bond donors (Lipinski definition) is 1. The van der Waals surface area contributed by atoms with Crippen LogP contribution in [0.3, 0.4) is 0 Å². The highest BCUT2D eigenvalue weighted by molar-refractivity contribution is 7.91. The molecule has 1 aromatic carbocycles. The highest BCUT2D eigenvalue weighted by Crippen LogP contribution is 2.21. The summed E-state index contributed by atoms with van der Waals surface area (Å²) in [6, 6.07) is 7.58. The monoisotopic (exact) mass is 331 g/mol. The van der Waals surface area contributed by atoms with E-state index in [1.807, 2.05) is 18.4 Å². The number of benzene rings is 1. The van der Waals surface area contributed by atoms with Gasteiger partial charge in [-0.25, -0.2) is 8.42 Å². The zero-order chi connectivity index (χ0) is 15.5. The molecular weight excluding hydrogens is 316 g/mol. The zero-order valence-corrected chi connectivity index (χ0v) is 12.9. The second kappa shape index (κ2) is 6.53. The Hall–Kier alpha value is -1.47. The molecule has 0 aliphatic carbocycles. The topological polar surface area (TPSA) is 46.2 Å². The van der Waals surface area contributed by atoms with E-state index in [9.17, 15) is 17.2 Å². The van der Waals surface area contributed by atoms with Gasteiger partial charge in [0.05, 0.1) is 4.90 Å². The minimum Gasteiger partial charge on any atom is -0.382 e. The molecule has 1 N–H and O–H groups in total. The van der Waals surface area contributed by atoms with Crippen LogP contribution in [0.5, 0.6) is 0 Å². The van der Waals surface area contributed by atoms with Crippen molar-refractivity contribution in [3.8, 4) is 0 Å². The van der Waals surface area contributed by atoms with Gasteiger partial charge in [0.2, 0.25) is 9.84 Å². The van der Waals surface area contributed by atoms with Crippen LogP contribution in [0.25, 0.3) is 0 Å². The number of hydrogen-bond acceptors (Lipinski definition) is 4. The van der Waals surface area contributed by atoms with Gasteiger partial charge in [0.15, 0.2) is 0 Å². The van der Waals surface area contributed by atoms with Crippen LogP contribution in [-0.4, -0.2) is 20.2 Å². The van der Waals surface area contributed by atoms with E-state index in [4.69, 9.17) is 0 Å². The molecule has 114 valence electrons. The largest absolute Gasteiger partial charge is 0.382 e. The maximum absolute atomic E-state index is 12.4. The second-order valence-corrected chi connectivity index (χ2v) is 7.41. The molecule has 0 radical (unpaired) electrons. The first-order valence-electron chi connectivity index (χ1n) is 6.29. The number of sulfone groups is 1. The van der Waals surface area contributed by atoms with Crippen molar-refractivity contribution in [3.05, 3.63) is 46.7 Å². The van der Waals surface area contributed by atoms with Gasteiger partial charge in [-0.15, -0.1) is 0 Å². The Bertz CT molecular complexity index is 668. The summed E-state index contributed by atoms with van der Waals surface area (Å²) in [5, 5.41) is 7.28. The normalized spacial score (nSPS) is 13.3. The standard InChI is InChI=1S/C14H15F2NO2S2/c1-10(8-11-6-7-20-9-11)17-12-2-4-13(5-3-12)21(18,19)14(15)16/h2-7,9-10,14,17H,8H2,1H3. The maximum atomic E-state index is 12.4. The average Bonchev–Trinajstić information content (AvgIpc) is 2.91. The van der Waals surface area contributed by atoms with Crippen molar-refractivity contribution in [2.75, 3.05) is 5.32 Å². The van der Waals surface area contributed by atoms with E-state index in [0.717, 1.165) is 6.42 Å². The summed E-state index contributed by atoms with van der Waals surface area (Å²) in [7, 11) is -4.52. The lowest BCUT2D eigenvalue weighted by atomic mass is 10.1. The molecule has 0 bridgehead atoms. The van der Waals surface area contributed by atoms with E-state index in [0.29, 0.717) is 5.69 Å². The summed E-state index contributed by atoms with van der Waals surface area (Å²) in [4.78, 5) is -0.367. The highest BCUT2D eigenvalue weighted by atomic mass is 32.2. The first-order chi connectivity index (χ1) is 9.89. The van der Waals surface area contributed by atoms with Crippen LogP contribution in [0.2, 0.25) is 0 Å². The van der Waals surface area contributed by atoms with E-state index in [-0.39, 0.29) is 10.9 Å². The van der Waals surface area contributed by atoms with Crippen LogP contribution in [-0.2, 0) is 16.3 Å². The van der Waals surface area contributed by atoms with Crippen molar-refractivity contribution in [1.29, 1.82) is 0 Å². The third-order valence-corrected chi connectivity index (χ3v) is 5.08. The van der Waals surface area contributed by atoms with Gasteiger partial charge in [-0.2, -0.15) is 20.1 Å². The van der Waals surface area contributed by atoms with E-state index in [2.05, 4.69) is 10.7 Å². The average molecular weight is 331 g/mol. The zero-order valence-electron chi connectivity index (χ0n) is 11.3. The molecular formula is C14H15F2NO2S2. The van der Waals surface area contributed by atoms with Gasteiger partial charge < -0.3 is 5.32 Å². The summed E-state index contributed by atoms with van der Waals surface area (Å²) in [5.41, 5.74) is 1.92. The van der Waals surface area contributed by atoms with Crippen LogP contribution in [0, 0.1) is 0 Å². The Kier molecular flexibility index (Phi) is 4.95. The molecule has 1 atom stereocenters. The fourth-order valence-electron chi connectivity index (χ4n) is 1.94. The number of anilines is 1. The Morgan fingerprint density at radius 1 is 1.19 bits per heavy atom. The molecule has 0 fully saturated rings. The highest BCUT2D eigenvalue weighted by Gasteiger charge is 2.26. The molecule has 2 aromatic rings. The van der Waals surface area contributed by atoms with Crippen molar-refractivity contribution >= 4 is 26.9 Å². The van der Waals surface area contributed by atoms with Gasteiger partial charge in [-0.1, -0.05) is 0 Å². The Balaban J connectivity index is 2.03. The first kappa shape index (κ1) is 15.9. The van der Waals surface area contributed by atoms with Crippen molar-refractivity contribution in [2.45, 2.75) is 30.0 Å². The van der Waals surface area contributed by atoms with Gasteiger partial charge in [0.1, 0.15) is 0 Å². The van der Waals surface area contributed by atoms with E-state index in [1.165, 1.54) is 29.8 Å². The van der Waals surface area contributed by atoms with Gasteiger partial charge >= 0.3 is 5.76 Å². The number of rotatable bonds is 6. The molecule has 0 spiro atoms. The van der Waals surface area contributed by atoms with Crippen molar-refractivity contribution < 1.29 is 17.2 Å². The molecule has 7 heteroatoms. The van der Waals surface area contributed by atoms with Crippen molar-refractivity contribution in [3.63, 3.8) is 0 Å². The van der Waals surface area contributed by atoms with E-state index < -0.39 is 15.6 Å². The fraction of sp³-hybridized carbons (Fsp3) is 0.286. The second-order valence-electron chi connectivity index (χ2n) is 4.71. The minimum atomic E-state index is -4.52. The molecule has 0 aliphatic heterocycles. The molecule has 3 nitrogen and oxygen atoms in total. The Morgan fingerprint density at radius 2 is 1.86 bits per heavy atom. The van der Waals surface area contributed by atoms with Crippen LogP contribution in [0.1, 0.15) is 12.5 Å². The van der Waals surface area contributed by atoms with Gasteiger partial charge in [0, 0.05) is 11.7 Å². The lowest BCUT2D eigenvalue weighted by Gasteiger charge is -2.15. The predicted octanol–water partition coefficient (Wildman–Crippen LogP) is 3.79. The summed E-state index contributed by atoms with van der Waals surface area (Å²) < 4.78 is 47.5. The molecule has 1 unspecified atom stereocenters. The van der Waals surface area contributed by atoms with Crippen LogP contribution in [0.15, 0.2) is 46.0 Å². The number of alkyl halides is 2. The van der Waals surface area contributed by atoms with E-state index >= 15 is 0 Å². The van der Waals surface area contributed by atoms with Gasteiger partial charge in [-0.3, -0.25) is 0 Å². The lowest BCUT2D eigenvalue weighted by molar-refractivity contribution is 0.234. The molecule has 2 rings (SSSR count). The van der Waals surface area contributed by atoms with Crippen LogP contribution >= 0.6 is 11.3 Å². The SMILES string of the molecule is CC(Cc1ccsc1)Nc1ccc(S(=O)(=O)C(F)F)cc1. The Morgan fingerprint density at radius 3 is 2.38 bits per heavy atom. The number of halogens is 2. The van der Waals surface area contributed by atoms with Crippen molar-refractivity contribution in [2.24, 2.45) is 0 Å². The van der Waals surface area contributed by atoms with Crippen LogP contribution in [0.4, 0.5) is 14.5 Å². The molecule has 0 aliphatic rings. The first-order valence-corrected chi connectivity index (χ1v) is 8.78. The third kappa shape index (κ3) is 4.01. The smallest absolute Gasteiger partial charge is 0.341 e. The number of nitrogens with one attached hydrogen (secondary N) is 1. The summed E-state index contributed by atoms with van der Waals surface area (Å²) >= 11 is 1.63. The molecule has 1 aromatic heterocycles. The molecule has 21 heavy (non-hydrogen) atoms. The summed E-state index contributed by atoms with van der Waals surface area (Å²) in [6.45, 7) is 2.00. The minimum absolute atomic E-state index is 0.150. The molecule has 0 saturated heterocycles. The summed E-state index contributed by atoms with van der Waals surface area (Å²) in [5.74, 6) is -3.39. The quantitative estimate of drug-likeness (QED) is 0.876. The van der Waals surface area contributed by atoms with Gasteiger partial charge in [0.25, 0.3) is 0 Å². The Labute approximate surface area is 126 Å².